The van der Waals surface area contributed by atoms with Gasteiger partial charge in [-0.05, 0) is 59.1 Å². The Morgan fingerprint density at radius 3 is 2.32 bits per heavy atom. The van der Waals surface area contributed by atoms with Crippen LogP contribution in [0.25, 0.3) is 0 Å². The van der Waals surface area contributed by atoms with E-state index in [1.54, 1.807) is 0 Å². The van der Waals surface area contributed by atoms with E-state index in [1.165, 1.54) is 12.8 Å². The van der Waals surface area contributed by atoms with Crippen molar-refractivity contribution in [2.75, 3.05) is 13.6 Å². The predicted octanol–water partition coefficient (Wildman–Crippen LogP) is 3.04. The number of fused-ring (bicyclic) bond motifs is 2. The highest BCUT2D eigenvalue weighted by Crippen LogP contribution is 2.34. The average molecular weight is 388 g/mol. The number of rotatable bonds is 5. The van der Waals surface area contributed by atoms with Gasteiger partial charge in [0.05, 0.1) is 5.92 Å². The molecule has 0 aliphatic carbocycles. The molecule has 28 heavy (non-hydrogen) atoms. The van der Waals surface area contributed by atoms with Gasteiger partial charge in [-0.2, -0.15) is 0 Å². The van der Waals surface area contributed by atoms with Crippen LogP contribution >= 0.6 is 0 Å². The van der Waals surface area contributed by atoms with Crippen molar-refractivity contribution in [3.8, 4) is 0 Å². The topological polar surface area (TPSA) is 70.7 Å². The second kappa shape index (κ2) is 8.52. The Morgan fingerprint density at radius 1 is 1.14 bits per heavy atom. The first kappa shape index (κ1) is 20.6. The lowest BCUT2D eigenvalue weighted by Crippen LogP contribution is -2.50. The molecule has 1 aromatic carbocycles. The lowest BCUT2D eigenvalue weighted by atomic mass is 9.94. The third kappa shape index (κ3) is 5.25. The SMILES string of the molecule is CN1[C@@H]2CC[C@H]1C[C@H](NC(=O)C(CNC(=O)OC(C)(C)C)c1ccccc1)C2. The molecule has 2 fully saturated rings. The Bertz CT molecular complexity index is 672. The molecule has 0 aromatic heterocycles. The second-order valence-corrected chi connectivity index (χ2v) is 9.07. The van der Waals surface area contributed by atoms with Crippen LogP contribution in [0.4, 0.5) is 4.79 Å². The van der Waals surface area contributed by atoms with E-state index >= 15 is 0 Å². The first-order chi connectivity index (χ1) is 13.2. The van der Waals surface area contributed by atoms with Crippen molar-refractivity contribution in [1.29, 1.82) is 0 Å². The quantitative estimate of drug-likeness (QED) is 0.815. The van der Waals surface area contributed by atoms with Gasteiger partial charge in [-0.3, -0.25) is 4.79 Å². The zero-order chi connectivity index (χ0) is 20.3. The molecule has 2 aliphatic heterocycles. The van der Waals surface area contributed by atoms with E-state index in [9.17, 15) is 9.59 Å². The number of carbonyl (C=O) groups excluding carboxylic acids is 2. The van der Waals surface area contributed by atoms with Gasteiger partial charge < -0.3 is 20.3 Å². The second-order valence-electron chi connectivity index (χ2n) is 9.07. The molecule has 6 heteroatoms. The van der Waals surface area contributed by atoms with Crippen LogP contribution in [0.1, 0.15) is 57.9 Å². The molecule has 2 saturated heterocycles. The van der Waals surface area contributed by atoms with Crippen molar-refractivity contribution >= 4 is 12.0 Å². The Balaban J connectivity index is 1.63. The van der Waals surface area contributed by atoms with Crippen LogP contribution in [0.3, 0.4) is 0 Å². The van der Waals surface area contributed by atoms with Crippen molar-refractivity contribution in [3.63, 3.8) is 0 Å². The normalized spacial score (nSPS) is 25.8. The maximum absolute atomic E-state index is 13.1. The van der Waals surface area contributed by atoms with E-state index in [-0.39, 0.29) is 18.5 Å². The van der Waals surface area contributed by atoms with E-state index in [0.717, 1.165) is 18.4 Å². The summed E-state index contributed by atoms with van der Waals surface area (Å²) in [6.45, 7) is 5.68. The molecular formula is C22H33N3O3. The van der Waals surface area contributed by atoms with Gasteiger partial charge in [-0.1, -0.05) is 30.3 Å². The number of benzene rings is 1. The van der Waals surface area contributed by atoms with Crippen molar-refractivity contribution in [2.24, 2.45) is 0 Å². The van der Waals surface area contributed by atoms with Gasteiger partial charge in [0.2, 0.25) is 5.91 Å². The lowest BCUT2D eigenvalue weighted by Gasteiger charge is -2.37. The number of hydrogen-bond donors (Lipinski definition) is 2. The van der Waals surface area contributed by atoms with E-state index in [1.807, 2.05) is 51.1 Å². The zero-order valence-corrected chi connectivity index (χ0v) is 17.4. The summed E-state index contributed by atoms with van der Waals surface area (Å²) in [6, 6.07) is 11.0. The molecule has 154 valence electrons. The Morgan fingerprint density at radius 2 is 1.75 bits per heavy atom. The minimum Gasteiger partial charge on any atom is -0.444 e. The van der Waals surface area contributed by atoms with Gasteiger partial charge in [-0.25, -0.2) is 4.79 Å². The molecular weight excluding hydrogens is 354 g/mol. The molecule has 2 heterocycles. The highest BCUT2D eigenvalue weighted by Gasteiger charge is 2.39. The smallest absolute Gasteiger partial charge is 0.407 e. The monoisotopic (exact) mass is 387 g/mol. The summed E-state index contributed by atoms with van der Waals surface area (Å²) in [5.41, 5.74) is 0.328. The van der Waals surface area contributed by atoms with Gasteiger partial charge >= 0.3 is 6.09 Å². The molecule has 2 amide bonds. The zero-order valence-electron chi connectivity index (χ0n) is 17.4. The number of ether oxygens (including phenoxy) is 1. The molecule has 0 radical (unpaired) electrons. The third-order valence-electron chi connectivity index (χ3n) is 5.81. The predicted molar refractivity (Wildman–Crippen MR) is 109 cm³/mol. The highest BCUT2D eigenvalue weighted by molar-refractivity contribution is 5.84. The van der Waals surface area contributed by atoms with Crippen molar-refractivity contribution < 1.29 is 14.3 Å². The number of hydrogen-bond acceptors (Lipinski definition) is 4. The Labute approximate surface area is 168 Å². The van der Waals surface area contributed by atoms with Crippen LogP contribution < -0.4 is 10.6 Å². The van der Waals surface area contributed by atoms with Crippen LogP contribution in [0, 0.1) is 0 Å². The van der Waals surface area contributed by atoms with Gasteiger partial charge in [0.25, 0.3) is 0 Å². The lowest BCUT2D eigenvalue weighted by molar-refractivity contribution is -0.123. The average Bonchev–Trinajstić information content (AvgIpc) is 2.82. The van der Waals surface area contributed by atoms with Crippen LogP contribution in [0.15, 0.2) is 30.3 Å². The molecule has 2 aliphatic rings. The molecule has 2 N–H and O–H groups in total. The summed E-state index contributed by atoms with van der Waals surface area (Å²) < 4.78 is 5.31. The van der Waals surface area contributed by atoms with E-state index < -0.39 is 17.6 Å². The van der Waals surface area contributed by atoms with Gasteiger partial charge in [0.15, 0.2) is 0 Å². The maximum Gasteiger partial charge on any atom is 0.407 e. The molecule has 2 bridgehead atoms. The van der Waals surface area contributed by atoms with E-state index in [0.29, 0.717) is 12.1 Å². The number of piperidine rings is 1. The number of carbonyl (C=O) groups is 2. The summed E-state index contributed by atoms with van der Waals surface area (Å²) >= 11 is 0. The molecule has 0 spiro atoms. The van der Waals surface area contributed by atoms with Crippen LogP contribution in [0.5, 0.6) is 0 Å². The fraction of sp³-hybridized carbons (Fsp3) is 0.636. The van der Waals surface area contributed by atoms with Gasteiger partial charge in [-0.15, -0.1) is 0 Å². The number of amides is 2. The first-order valence-corrected chi connectivity index (χ1v) is 10.3. The van der Waals surface area contributed by atoms with Crippen molar-refractivity contribution in [3.05, 3.63) is 35.9 Å². The van der Waals surface area contributed by atoms with Gasteiger partial charge in [0, 0.05) is 24.7 Å². The molecule has 4 atom stereocenters. The van der Waals surface area contributed by atoms with Crippen LogP contribution in [0.2, 0.25) is 0 Å². The molecule has 1 aromatic rings. The fourth-order valence-corrected chi connectivity index (χ4v) is 4.38. The fourth-order valence-electron chi connectivity index (χ4n) is 4.38. The van der Waals surface area contributed by atoms with E-state index in [2.05, 4.69) is 22.6 Å². The minimum absolute atomic E-state index is 0.0313. The highest BCUT2D eigenvalue weighted by atomic mass is 16.6. The summed E-state index contributed by atoms with van der Waals surface area (Å²) in [5, 5.41) is 6.02. The van der Waals surface area contributed by atoms with E-state index in [4.69, 9.17) is 4.74 Å². The summed E-state index contributed by atoms with van der Waals surface area (Å²) in [6.07, 6.45) is 3.93. The minimum atomic E-state index is -0.567. The number of nitrogens with one attached hydrogen (secondary N) is 2. The number of nitrogens with zero attached hydrogens (tertiary/aromatic N) is 1. The molecule has 1 unspecified atom stereocenters. The van der Waals surface area contributed by atoms with Crippen molar-refractivity contribution in [2.45, 2.75) is 76.1 Å². The third-order valence-corrected chi connectivity index (χ3v) is 5.81. The largest absolute Gasteiger partial charge is 0.444 e. The van der Waals surface area contributed by atoms with Crippen LogP contribution in [-0.2, 0) is 9.53 Å². The standard InChI is InChI=1S/C22H33N3O3/c1-22(2,3)28-21(27)23-14-19(15-8-6-5-7-9-15)20(26)24-16-12-17-10-11-18(13-16)25(17)4/h5-9,16-19H,10-14H2,1-4H3,(H,23,27)(H,24,26)/t16-,17-,18+,19?. The molecule has 3 rings (SSSR count). The summed E-state index contributed by atoms with van der Waals surface area (Å²) in [5.74, 6) is -0.470. The van der Waals surface area contributed by atoms with Crippen molar-refractivity contribution in [1.82, 2.24) is 15.5 Å². The van der Waals surface area contributed by atoms with Crippen LogP contribution in [-0.4, -0.2) is 54.2 Å². The van der Waals surface area contributed by atoms with Gasteiger partial charge in [0.1, 0.15) is 5.60 Å². The Hall–Kier alpha value is -2.08. The maximum atomic E-state index is 13.1. The summed E-state index contributed by atoms with van der Waals surface area (Å²) in [7, 11) is 2.19. The summed E-state index contributed by atoms with van der Waals surface area (Å²) in [4.78, 5) is 27.6. The first-order valence-electron chi connectivity index (χ1n) is 10.3. The Kier molecular flexibility index (Phi) is 6.28. The molecule has 0 saturated carbocycles. The number of alkyl carbamates (subject to hydrolysis) is 1. The molecule has 6 nitrogen and oxygen atoms in total.